The Labute approximate surface area is 55.9 Å². The van der Waals surface area contributed by atoms with Gasteiger partial charge in [-0.1, -0.05) is 0 Å². The van der Waals surface area contributed by atoms with Crippen molar-refractivity contribution >= 4 is 0 Å². The van der Waals surface area contributed by atoms with Gasteiger partial charge in [0.15, 0.2) is 0 Å². The van der Waals surface area contributed by atoms with E-state index in [4.69, 9.17) is 0 Å². The van der Waals surface area contributed by atoms with Crippen molar-refractivity contribution in [2.45, 2.75) is 0 Å². The summed E-state index contributed by atoms with van der Waals surface area (Å²) in [6, 6.07) is 0. The average molecular weight is 305 g/mol. The summed E-state index contributed by atoms with van der Waals surface area (Å²) in [6.45, 7) is 0. The minimum absolute atomic E-state index is 0. The third-order valence-corrected chi connectivity index (χ3v) is 0. The molecule has 0 aromatic carbocycles. The second-order valence-electron chi connectivity index (χ2n) is 0. The molecule has 0 bridgehead atoms. The van der Waals surface area contributed by atoms with Crippen LogP contribution in [-0.2, 0) is 22.4 Å². The molecule has 0 atom stereocenters. The van der Waals surface area contributed by atoms with Gasteiger partial charge in [-0.15, -0.1) is 0 Å². The van der Waals surface area contributed by atoms with Crippen LogP contribution in [0.2, 0.25) is 0 Å². The Kier molecular flexibility index (Phi) is 142000. The van der Waals surface area contributed by atoms with E-state index in [-0.39, 0.29) is 55.2 Å². The second kappa shape index (κ2) is 786. The molecule has 7 heavy (non-hydrogen) atoms. The van der Waals surface area contributed by atoms with Gasteiger partial charge in [0.25, 0.3) is 0 Å². The Bertz CT molecular complexity index is 4.14. The van der Waals surface area contributed by atoms with Crippen LogP contribution in [0.5, 0.6) is 0 Å². The van der Waals surface area contributed by atoms with Gasteiger partial charge >= 0.3 is 0 Å². The fraction of sp³-hybridized carbons (Fsp3) is 0. The number of hydrogen-bond donors (Lipinski definition) is 0. The Morgan fingerprint density at radius 3 is 0.286 bits per heavy atom. The zero-order valence-corrected chi connectivity index (χ0v) is 5.47. The Morgan fingerprint density at radius 2 is 0.286 bits per heavy atom. The summed E-state index contributed by atoms with van der Waals surface area (Å²) < 4.78 is 0. The quantitative estimate of drug-likeness (QED) is 0.388. The number of rotatable bonds is 0. The third-order valence-electron chi connectivity index (χ3n) is 0. The first-order valence-corrected chi connectivity index (χ1v) is 0. The third kappa shape index (κ3) is 526. The van der Waals surface area contributed by atoms with Crippen molar-refractivity contribution in [3.8, 4) is 0 Å². The minimum Gasteiger partial charge on any atom is -0.412 e. The fourth-order valence-electron chi connectivity index (χ4n) is 0. The number of hydrogen-bond acceptors (Lipinski definition) is 0. The van der Waals surface area contributed by atoms with E-state index >= 15 is 0 Å². The van der Waals surface area contributed by atoms with Gasteiger partial charge in [-0.05, 0) is 0 Å². The van der Waals surface area contributed by atoms with Crippen molar-refractivity contribution < 1.29 is 55.2 Å². The van der Waals surface area contributed by atoms with E-state index in [1.165, 1.54) is 0 Å². The molecular weight excluding hydrogens is 293 g/mol. The van der Waals surface area contributed by atoms with Crippen molar-refractivity contribution in [3.05, 3.63) is 0 Å². The molecule has 0 aromatic rings. The first kappa shape index (κ1) is 1270. The zero-order chi connectivity index (χ0) is 0. The van der Waals surface area contributed by atoms with Crippen molar-refractivity contribution in [2.24, 2.45) is 0 Å². The molecule has 12 N–H and O–H groups in total. The van der Waals surface area contributed by atoms with Crippen molar-refractivity contribution in [1.29, 1.82) is 0 Å². The molecule has 59 valence electrons. The van der Waals surface area contributed by atoms with Gasteiger partial charge in [0.1, 0.15) is 0 Å². The Balaban J connectivity index is 0. The second-order valence-corrected chi connectivity index (χ2v) is 0. The molecule has 0 heterocycles. The molecular formula is H12AuO6. The molecule has 0 unspecified atom stereocenters. The molecule has 0 fully saturated rings. The summed E-state index contributed by atoms with van der Waals surface area (Å²) in [5, 5.41) is 0. The fourth-order valence-corrected chi connectivity index (χ4v) is 0. The van der Waals surface area contributed by atoms with E-state index < -0.39 is 0 Å². The summed E-state index contributed by atoms with van der Waals surface area (Å²) in [5.41, 5.74) is 0. The van der Waals surface area contributed by atoms with Crippen LogP contribution in [-0.4, -0.2) is 32.9 Å². The molecule has 6 nitrogen and oxygen atoms in total. The van der Waals surface area contributed by atoms with Gasteiger partial charge in [-0.3, -0.25) is 0 Å². The monoisotopic (exact) mass is 305 g/mol. The van der Waals surface area contributed by atoms with Crippen molar-refractivity contribution in [2.75, 3.05) is 0 Å². The zero-order valence-electron chi connectivity index (χ0n) is 3.30. The van der Waals surface area contributed by atoms with Crippen LogP contribution >= 0.6 is 0 Å². The predicted octanol–water partition coefficient (Wildman–Crippen LogP) is -4.95. The maximum absolute atomic E-state index is 0. The van der Waals surface area contributed by atoms with Crippen LogP contribution in [0.15, 0.2) is 0 Å². The predicted molar refractivity (Wildman–Crippen MR) is 21.7 cm³/mol. The molecule has 0 aliphatic carbocycles. The van der Waals surface area contributed by atoms with Gasteiger partial charge in [-0.2, -0.15) is 0 Å². The molecule has 0 spiro atoms. The molecule has 0 aliphatic heterocycles. The maximum Gasteiger partial charge on any atom is 0 e. The smallest absolute Gasteiger partial charge is 0 e. The van der Waals surface area contributed by atoms with Crippen LogP contribution in [0, 0.1) is 0 Å². The first-order valence-electron chi connectivity index (χ1n) is 0. The Hall–Kier alpha value is 0.500. The van der Waals surface area contributed by atoms with E-state index in [0.29, 0.717) is 0 Å². The van der Waals surface area contributed by atoms with Gasteiger partial charge in [0.05, 0.1) is 0 Å². The van der Waals surface area contributed by atoms with Gasteiger partial charge < -0.3 is 32.9 Å². The molecule has 7 heteroatoms. The van der Waals surface area contributed by atoms with Crippen LogP contribution in [0.1, 0.15) is 0 Å². The van der Waals surface area contributed by atoms with E-state index in [1.807, 2.05) is 0 Å². The molecule has 0 saturated heterocycles. The van der Waals surface area contributed by atoms with Crippen LogP contribution in [0.4, 0.5) is 0 Å². The largest absolute Gasteiger partial charge is 0.412 e. The van der Waals surface area contributed by atoms with E-state index in [0.717, 1.165) is 0 Å². The van der Waals surface area contributed by atoms with Gasteiger partial charge in [-0.25, -0.2) is 0 Å². The summed E-state index contributed by atoms with van der Waals surface area (Å²) in [6.07, 6.45) is 0. The molecule has 0 aliphatic rings. The SMILES string of the molecule is O.O.O.O.O.O.[Au]. The van der Waals surface area contributed by atoms with Crippen LogP contribution in [0.25, 0.3) is 0 Å². The molecule has 0 amide bonds. The van der Waals surface area contributed by atoms with Gasteiger partial charge in [0, 0.05) is 22.4 Å². The molecule has 0 aromatic heterocycles. The summed E-state index contributed by atoms with van der Waals surface area (Å²) >= 11 is 0. The summed E-state index contributed by atoms with van der Waals surface area (Å²) in [7, 11) is 0. The van der Waals surface area contributed by atoms with Crippen LogP contribution in [0.3, 0.4) is 0 Å². The molecule has 0 saturated carbocycles. The molecule has 1 radical (unpaired) electrons. The van der Waals surface area contributed by atoms with E-state index in [1.54, 1.807) is 0 Å². The van der Waals surface area contributed by atoms with E-state index in [2.05, 4.69) is 0 Å². The van der Waals surface area contributed by atoms with Gasteiger partial charge in [0.2, 0.25) is 0 Å². The molecule has 0 rings (SSSR count). The minimum atomic E-state index is 0. The van der Waals surface area contributed by atoms with Crippen LogP contribution < -0.4 is 0 Å². The van der Waals surface area contributed by atoms with Crippen molar-refractivity contribution in [3.63, 3.8) is 0 Å². The Morgan fingerprint density at radius 1 is 0.286 bits per heavy atom. The van der Waals surface area contributed by atoms with E-state index in [9.17, 15) is 0 Å². The maximum atomic E-state index is 0. The normalized spacial score (nSPS) is 0. The summed E-state index contributed by atoms with van der Waals surface area (Å²) in [4.78, 5) is 0. The average Bonchev–Trinajstić information content (AvgIpc) is 0. The standard InChI is InChI=1S/Au.6H2O/h;6*1H2. The first-order chi connectivity index (χ1) is 0. The topological polar surface area (TPSA) is 189 Å². The summed E-state index contributed by atoms with van der Waals surface area (Å²) in [5.74, 6) is 0. The van der Waals surface area contributed by atoms with Crippen molar-refractivity contribution in [1.82, 2.24) is 0 Å².